The summed E-state index contributed by atoms with van der Waals surface area (Å²) in [4.78, 5) is 4.80. The second-order valence-corrected chi connectivity index (χ2v) is 14.1. The van der Waals surface area contributed by atoms with Gasteiger partial charge in [0.1, 0.15) is 0 Å². The monoisotopic (exact) mass is 752 g/mol. The highest BCUT2D eigenvalue weighted by atomic mass is 15.2. The van der Waals surface area contributed by atoms with Gasteiger partial charge in [0, 0.05) is 33.7 Å². The van der Waals surface area contributed by atoms with E-state index in [1.54, 1.807) is 0 Å². The van der Waals surface area contributed by atoms with Gasteiger partial charge < -0.3 is 9.80 Å². The number of allylic oxidation sites excluding steroid dienone is 6. The van der Waals surface area contributed by atoms with Crippen LogP contribution in [-0.2, 0) is 0 Å². The van der Waals surface area contributed by atoms with Crippen LogP contribution in [-0.4, -0.2) is 0 Å². The van der Waals surface area contributed by atoms with E-state index in [4.69, 9.17) is 0 Å². The van der Waals surface area contributed by atoms with Gasteiger partial charge >= 0.3 is 0 Å². The van der Waals surface area contributed by atoms with Gasteiger partial charge in [-0.1, -0.05) is 173 Å². The second-order valence-electron chi connectivity index (χ2n) is 14.1. The highest BCUT2D eigenvalue weighted by Crippen LogP contribution is 2.43. The van der Waals surface area contributed by atoms with Crippen LogP contribution in [0.3, 0.4) is 0 Å². The summed E-state index contributed by atoms with van der Waals surface area (Å²) in [5, 5.41) is 7.44. The van der Waals surface area contributed by atoms with Crippen LogP contribution in [0.15, 0.2) is 206 Å². The van der Waals surface area contributed by atoms with Crippen LogP contribution in [0.25, 0.3) is 49.5 Å². The molecule has 0 atom stereocenters. The first-order valence-electron chi connectivity index (χ1n) is 20.5. The van der Waals surface area contributed by atoms with Crippen molar-refractivity contribution in [2.24, 2.45) is 0 Å². The molecule has 0 aromatic heterocycles. The fraction of sp³-hybridized carbons (Fsp3) is 0.107. The SMILES string of the molecule is C=C/C=C\c1c(N(/C(=C/C=C\C)CC)c2ccc(-c3ccc(N(c4ccccc4)c4cc5ccccc5c5ccccc45)cc3)cc2)cc2ccccc2c1C.CC. The highest BCUT2D eigenvalue weighted by Gasteiger charge is 2.20. The van der Waals surface area contributed by atoms with Gasteiger partial charge in [0.15, 0.2) is 0 Å². The minimum atomic E-state index is 0.869. The number of benzene rings is 8. The smallest absolute Gasteiger partial charge is 0.0546 e. The predicted octanol–water partition coefficient (Wildman–Crippen LogP) is 16.8. The average molecular weight is 753 g/mol. The van der Waals surface area contributed by atoms with Gasteiger partial charge in [0.05, 0.1) is 11.4 Å². The molecule has 0 aliphatic carbocycles. The lowest BCUT2D eigenvalue weighted by Crippen LogP contribution is -2.17. The zero-order valence-corrected chi connectivity index (χ0v) is 34.4. The van der Waals surface area contributed by atoms with E-state index in [2.05, 4.69) is 225 Å². The number of anilines is 5. The predicted molar refractivity (Wildman–Crippen MR) is 256 cm³/mol. The Morgan fingerprint density at radius 3 is 1.69 bits per heavy atom. The van der Waals surface area contributed by atoms with Crippen LogP contribution in [0.2, 0.25) is 0 Å². The third kappa shape index (κ3) is 7.88. The van der Waals surface area contributed by atoms with Crippen LogP contribution in [0.1, 0.15) is 45.2 Å². The Morgan fingerprint density at radius 1 is 0.552 bits per heavy atom. The van der Waals surface area contributed by atoms with Crippen molar-refractivity contribution in [2.75, 3.05) is 9.80 Å². The third-order valence-electron chi connectivity index (χ3n) is 10.7. The molecular weight excluding hydrogens is 701 g/mol. The van der Waals surface area contributed by atoms with Crippen molar-refractivity contribution in [3.63, 3.8) is 0 Å². The molecule has 8 aromatic rings. The molecule has 2 heteroatoms. The second kappa shape index (κ2) is 18.4. The van der Waals surface area contributed by atoms with Gasteiger partial charge in [0.2, 0.25) is 0 Å². The number of fused-ring (bicyclic) bond motifs is 4. The van der Waals surface area contributed by atoms with Gasteiger partial charge in [-0.05, 0) is 118 Å². The molecule has 286 valence electrons. The lowest BCUT2D eigenvalue weighted by atomic mass is 9.96. The molecule has 0 bridgehead atoms. The molecule has 58 heavy (non-hydrogen) atoms. The lowest BCUT2D eigenvalue weighted by Gasteiger charge is -2.30. The molecule has 0 saturated carbocycles. The molecular formula is C56H52N2. The van der Waals surface area contributed by atoms with Crippen molar-refractivity contribution in [3.8, 4) is 11.1 Å². The fourth-order valence-electron chi connectivity index (χ4n) is 7.93. The summed E-state index contributed by atoms with van der Waals surface area (Å²) in [6.45, 7) is 14.5. The van der Waals surface area contributed by atoms with Crippen molar-refractivity contribution in [1.29, 1.82) is 0 Å². The van der Waals surface area contributed by atoms with E-state index in [9.17, 15) is 0 Å². The first-order valence-corrected chi connectivity index (χ1v) is 20.5. The summed E-state index contributed by atoms with van der Waals surface area (Å²) in [5.41, 5.74) is 11.6. The van der Waals surface area contributed by atoms with Crippen LogP contribution >= 0.6 is 0 Å². The van der Waals surface area contributed by atoms with Crippen LogP contribution in [0.5, 0.6) is 0 Å². The molecule has 0 aliphatic rings. The fourth-order valence-corrected chi connectivity index (χ4v) is 7.93. The van der Waals surface area contributed by atoms with Crippen molar-refractivity contribution >= 4 is 66.8 Å². The van der Waals surface area contributed by atoms with E-state index in [1.807, 2.05) is 26.0 Å². The summed E-state index contributed by atoms with van der Waals surface area (Å²) in [5.74, 6) is 0. The van der Waals surface area contributed by atoms with Crippen molar-refractivity contribution in [3.05, 3.63) is 218 Å². The van der Waals surface area contributed by atoms with Gasteiger partial charge in [0.25, 0.3) is 0 Å². The quantitative estimate of drug-likeness (QED) is 0.0959. The zero-order valence-electron chi connectivity index (χ0n) is 34.4. The Morgan fingerprint density at radius 2 is 1.07 bits per heavy atom. The standard InChI is InChI=1S/C54H46N2.C2H6/c1-5-8-21-44(7-3)55(53-37-42-19-13-15-25-48(42)39(4)49(53)24-9-6-2)46-33-29-40(30-34-46)41-31-35-47(36-32-41)56(45-22-11-10-12-23-45)54-38-43-20-14-16-26-50(43)51-27-17-18-28-52(51)54;1-2/h5-6,8-38H,2,7H2,1,3-4H3;1-2H3/b8-5-,24-9-,44-21+;. The Bertz CT molecular complexity index is 2750. The molecule has 8 rings (SSSR count). The zero-order chi connectivity index (χ0) is 40.4. The molecule has 2 nitrogen and oxygen atoms in total. The van der Waals surface area contributed by atoms with Gasteiger partial charge in [-0.15, -0.1) is 0 Å². The molecule has 0 saturated heterocycles. The van der Waals surface area contributed by atoms with Crippen LogP contribution < -0.4 is 9.80 Å². The number of hydrogen-bond donors (Lipinski definition) is 0. The summed E-state index contributed by atoms with van der Waals surface area (Å²) in [6.07, 6.45) is 13.4. The summed E-state index contributed by atoms with van der Waals surface area (Å²) in [7, 11) is 0. The number of nitrogens with zero attached hydrogens (tertiary/aromatic N) is 2. The maximum atomic E-state index is 3.98. The van der Waals surface area contributed by atoms with E-state index in [0.717, 1.165) is 34.9 Å². The Hall–Kier alpha value is -6.90. The highest BCUT2D eigenvalue weighted by molar-refractivity contribution is 6.14. The van der Waals surface area contributed by atoms with Crippen LogP contribution in [0, 0.1) is 6.92 Å². The molecule has 0 amide bonds. The molecule has 0 unspecified atom stereocenters. The summed E-state index contributed by atoms with van der Waals surface area (Å²) >= 11 is 0. The number of hydrogen-bond acceptors (Lipinski definition) is 2. The van der Waals surface area contributed by atoms with E-state index in [0.29, 0.717) is 0 Å². The molecule has 0 radical (unpaired) electrons. The molecule has 0 fully saturated rings. The largest absolute Gasteiger partial charge is 0.314 e. The van der Waals surface area contributed by atoms with E-state index >= 15 is 0 Å². The van der Waals surface area contributed by atoms with Gasteiger partial charge in [-0.3, -0.25) is 0 Å². The Kier molecular flexibility index (Phi) is 12.5. The lowest BCUT2D eigenvalue weighted by molar-refractivity contribution is 1.01. The van der Waals surface area contributed by atoms with E-state index in [1.165, 1.54) is 60.3 Å². The van der Waals surface area contributed by atoms with E-state index in [-0.39, 0.29) is 0 Å². The van der Waals surface area contributed by atoms with E-state index < -0.39 is 0 Å². The van der Waals surface area contributed by atoms with Gasteiger partial charge in [-0.2, -0.15) is 0 Å². The first-order chi connectivity index (χ1) is 28.6. The molecule has 0 heterocycles. The minimum absolute atomic E-state index is 0.869. The Balaban J connectivity index is 0.00000252. The molecule has 0 aliphatic heterocycles. The maximum absolute atomic E-state index is 3.98. The van der Waals surface area contributed by atoms with Crippen molar-refractivity contribution in [1.82, 2.24) is 0 Å². The first kappa shape index (κ1) is 39.3. The third-order valence-corrected chi connectivity index (χ3v) is 10.7. The number of para-hydroxylation sites is 1. The Labute approximate surface area is 345 Å². The minimum Gasteiger partial charge on any atom is -0.314 e. The van der Waals surface area contributed by atoms with Gasteiger partial charge in [-0.25, -0.2) is 0 Å². The summed E-state index contributed by atoms with van der Waals surface area (Å²) < 4.78 is 0. The normalized spacial score (nSPS) is 11.6. The molecule has 0 N–H and O–H groups in total. The topological polar surface area (TPSA) is 6.48 Å². The average Bonchev–Trinajstić information content (AvgIpc) is 3.29. The van der Waals surface area contributed by atoms with Crippen molar-refractivity contribution in [2.45, 2.75) is 41.0 Å². The maximum Gasteiger partial charge on any atom is 0.0546 e. The molecule has 8 aromatic carbocycles. The van der Waals surface area contributed by atoms with Crippen LogP contribution in [0.4, 0.5) is 28.4 Å². The number of aryl methyl sites for hydroxylation is 1. The van der Waals surface area contributed by atoms with Crippen molar-refractivity contribution < 1.29 is 0 Å². The summed E-state index contributed by atoms with van der Waals surface area (Å²) in [6, 6.07) is 59.4. The number of rotatable bonds is 11. The molecule has 0 spiro atoms.